The maximum Gasteiger partial charge on any atom is 0.292 e. The number of nitrogens with zero attached hydrogens (tertiary/aromatic N) is 3. The van der Waals surface area contributed by atoms with E-state index < -0.39 is 0 Å². The monoisotopic (exact) mass is 283 g/mol. The number of amides is 1. The molecule has 0 saturated carbocycles. The zero-order valence-corrected chi connectivity index (χ0v) is 11.9. The lowest BCUT2D eigenvalue weighted by molar-refractivity contribution is 0.0949. The van der Waals surface area contributed by atoms with Crippen molar-refractivity contribution in [2.75, 3.05) is 0 Å². The van der Waals surface area contributed by atoms with Gasteiger partial charge in [-0.25, -0.2) is 5.43 Å². The molecule has 0 bridgehead atoms. The number of aromatic nitrogens is 3. The lowest BCUT2D eigenvalue weighted by Gasteiger charge is -2.10. The van der Waals surface area contributed by atoms with Crippen LogP contribution in [0.25, 0.3) is 0 Å². The van der Waals surface area contributed by atoms with Crippen LogP contribution in [0.15, 0.2) is 29.6 Å². The van der Waals surface area contributed by atoms with Crippen LogP contribution in [0.2, 0.25) is 0 Å². The third kappa shape index (κ3) is 2.84. The summed E-state index contributed by atoms with van der Waals surface area (Å²) in [6.07, 6.45) is 7.51. The number of hydrogen-bond acceptors (Lipinski definition) is 4. The van der Waals surface area contributed by atoms with Gasteiger partial charge in [-0.1, -0.05) is 0 Å². The SMILES string of the molecule is C/C(=N\NC(=O)c1n[nH]c2c1CCCC2)c1ccncc1. The summed E-state index contributed by atoms with van der Waals surface area (Å²) < 4.78 is 0. The van der Waals surface area contributed by atoms with Gasteiger partial charge in [-0.05, 0) is 44.7 Å². The van der Waals surface area contributed by atoms with Gasteiger partial charge >= 0.3 is 0 Å². The highest BCUT2D eigenvalue weighted by atomic mass is 16.2. The molecule has 0 aromatic carbocycles. The molecule has 0 radical (unpaired) electrons. The standard InChI is InChI=1S/C15H17N5O/c1-10(11-6-8-16-9-7-11)17-20-15(21)14-12-4-2-3-5-13(12)18-19-14/h6-9H,2-5H2,1H3,(H,18,19)(H,20,21)/b17-10+. The summed E-state index contributed by atoms with van der Waals surface area (Å²) in [5.74, 6) is -0.261. The molecule has 108 valence electrons. The van der Waals surface area contributed by atoms with E-state index >= 15 is 0 Å². The van der Waals surface area contributed by atoms with Crippen LogP contribution >= 0.6 is 0 Å². The molecule has 6 heteroatoms. The van der Waals surface area contributed by atoms with Crippen molar-refractivity contribution in [1.29, 1.82) is 0 Å². The molecular formula is C15H17N5O. The number of aryl methyl sites for hydroxylation is 1. The normalized spacial score (nSPS) is 14.6. The summed E-state index contributed by atoms with van der Waals surface area (Å²) in [6, 6.07) is 3.70. The number of nitrogens with one attached hydrogen (secondary N) is 2. The molecule has 0 unspecified atom stereocenters. The van der Waals surface area contributed by atoms with E-state index in [4.69, 9.17) is 0 Å². The van der Waals surface area contributed by atoms with Gasteiger partial charge in [0.1, 0.15) is 0 Å². The number of carbonyl (C=O) groups is 1. The molecule has 2 heterocycles. The number of fused-ring (bicyclic) bond motifs is 1. The highest BCUT2D eigenvalue weighted by Crippen LogP contribution is 2.21. The Balaban J connectivity index is 1.74. The summed E-state index contributed by atoms with van der Waals surface area (Å²) >= 11 is 0. The summed E-state index contributed by atoms with van der Waals surface area (Å²) in [4.78, 5) is 16.2. The molecule has 2 aromatic rings. The zero-order chi connectivity index (χ0) is 14.7. The van der Waals surface area contributed by atoms with Gasteiger partial charge in [0.2, 0.25) is 0 Å². The van der Waals surface area contributed by atoms with E-state index in [9.17, 15) is 4.79 Å². The summed E-state index contributed by atoms with van der Waals surface area (Å²) in [5, 5.41) is 11.2. The summed E-state index contributed by atoms with van der Waals surface area (Å²) in [6.45, 7) is 1.84. The Morgan fingerprint density at radius 1 is 1.29 bits per heavy atom. The fourth-order valence-electron chi connectivity index (χ4n) is 2.51. The molecule has 0 aliphatic heterocycles. The summed E-state index contributed by atoms with van der Waals surface area (Å²) in [5.41, 5.74) is 6.83. The average molecular weight is 283 g/mol. The van der Waals surface area contributed by atoms with E-state index in [1.807, 2.05) is 19.1 Å². The maximum atomic E-state index is 12.2. The minimum atomic E-state index is -0.261. The molecule has 1 aliphatic rings. The quantitative estimate of drug-likeness (QED) is 0.666. The smallest absolute Gasteiger partial charge is 0.281 e. The van der Waals surface area contributed by atoms with Crippen molar-refractivity contribution in [2.45, 2.75) is 32.6 Å². The van der Waals surface area contributed by atoms with E-state index in [1.165, 1.54) is 0 Å². The number of hydrogen-bond donors (Lipinski definition) is 2. The second-order valence-corrected chi connectivity index (χ2v) is 5.11. The van der Waals surface area contributed by atoms with Gasteiger partial charge in [-0.2, -0.15) is 10.2 Å². The molecule has 0 spiro atoms. The van der Waals surface area contributed by atoms with Gasteiger partial charge < -0.3 is 0 Å². The number of aromatic amines is 1. The molecule has 21 heavy (non-hydrogen) atoms. The fraction of sp³-hybridized carbons (Fsp3) is 0.333. The number of pyridine rings is 1. The first-order chi connectivity index (χ1) is 10.3. The molecule has 0 saturated heterocycles. The van der Waals surface area contributed by atoms with Crippen molar-refractivity contribution >= 4 is 11.6 Å². The molecular weight excluding hydrogens is 266 g/mol. The Hall–Kier alpha value is -2.50. The first-order valence-corrected chi connectivity index (χ1v) is 7.07. The fourth-order valence-corrected chi connectivity index (χ4v) is 2.51. The van der Waals surface area contributed by atoms with E-state index in [0.717, 1.165) is 48.2 Å². The van der Waals surface area contributed by atoms with Crippen LogP contribution in [-0.4, -0.2) is 26.8 Å². The zero-order valence-electron chi connectivity index (χ0n) is 11.9. The molecule has 2 N–H and O–H groups in total. The molecule has 0 atom stereocenters. The van der Waals surface area contributed by atoms with Crippen LogP contribution in [0.4, 0.5) is 0 Å². The lowest BCUT2D eigenvalue weighted by atomic mass is 9.96. The first-order valence-electron chi connectivity index (χ1n) is 7.07. The third-order valence-corrected chi connectivity index (χ3v) is 3.69. The highest BCUT2D eigenvalue weighted by molar-refractivity contribution is 6.00. The van der Waals surface area contributed by atoms with Crippen molar-refractivity contribution in [3.05, 3.63) is 47.0 Å². The lowest BCUT2D eigenvalue weighted by Crippen LogP contribution is -2.21. The second kappa shape index (κ2) is 5.87. The molecule has 1 amide bonds. The summed E-state index contributed by atoms with van der Waals surface area (Å²) in [7, 11) is 0. The first kappa shape index (κ1) is 13.5. The van der Waals surface area contributed by atoms with Crippen molar-refractivity contribution in [3.63, 3.8) is 0 Å². The van der Waals surface area contributed by atoms with E-state index in [0.29, 0.717) is 5.69 Å². The Morgan fingerprint density at radius 3 is 2.86 bits per heavy atom. The topological polar surface area (TPSA) is 83.0 Å². The van der Waals surface area contributed by atoms with E-state index in [2.05, 4.69) is 25.7 Å². The van der Waals surface area contributed by atoms with Crippen LogP contribution in [0.1, 0.15) is 47.1 Å². The van der Waals surface area contributed by atoms with Gasteiger partial charge in [0, 0.05) is 29.2 Å². The Morgan fingerprint density at radius 2 is 2.05 bits per heavy atom. The van der Waals surface area contributed by atoms with Gasteiger partial charge in [-0.15, -0.1) is 0 Å². The largest absolute Gasteiger partial charge is 0.292 e. The Bertz CT molecular complexity index is 675. The van der Waals surface area contributed by atoms with Crippen LogP contribution in [0, 0.1) is 0 Å². The van der Waals surface area contributed by atoms with Gasteiger partial charge in [0.15, 0.2) is 5.69 Å². The van der Waals surface area contributed by atoms with E-state index in [-0.39, 0.29) is 5.91 Å². The van der Waals surface area contributed by atoms with Crippen LogP contribution < -0.4 is 5.43 Å². The van der Waals surface area contributed by atoms with Crippen LogP contribution in [0.5, 0.6) is 0 Å². The minimum absolute atomic E-state index is 0.261. The van der Waals surface area contributed by atoms with Gasteiger partial charge in [0.05, 0.1) is 5.71 Å². The van der Waals surface area contributed by atoms with Crippen molar-refractivity contribution in [1.82, 2.24) is 20.6 Å². The molecule has 0 fully saturated rings. The number of hydrazone groups is 1. The number of carbonyl (C=O) groups excluding carboxylic acids is 1. The number of rotatable bonds is 3. The van der Waals surface area contributed by atoms with E-state index in [1.54, 1.807) is 12.4 Å². The van der Waals surface area contributed by atoms with Gasteiger partial charge in [-0.3, -0.25) is 14.9 Å². The Labute approximate surface area is 122 Å². The molecule has 1 aliphatic carbocycles. The highest BCUT2D eigenvalue weighted by Gasteiger charge is 2.21. The molecule has 6 nitrogen and oxygen atoms in total. The predicted molar refractivity (Wildman–Crippen MR) is 79.1 cm³/mol. The Kier molecular flexibility index (Phi) is 3.77. The maximum absolute atomic E-state index is 12.2. The molecule has 3 rings (SSSR count). The van der Waals surface area contributed by atoms with Crippen LogP contribution in [0.3, 0.4) is 0 Å². The predicted octanol–water partition coefficient (Wildman–Crippen LogP) is 1.84. The van der Waals surface area contributed by atoms with Gasteiger partial charge in [0.25, 0.3) is 5.91 Å². The number of H-pyrrole nitrogens is 1. The van der Waals surface area contributed by atoms with Crippen molar-refractivity contribution < 1.29 is 4.79 Å². The van der Waals surface area contributed by atoms with Crippen molar-refractivity contribution in [3.8, 4) is 0 Å². The molecule has 2 aromatic heterocycles. The average Bonchev–Trinajstić information content (AvgIpc) is 2.97. The third-order valence-electron chi connectivity index (χ3n) is 3.69. The van der Waals surface area contributed by atoms with Crippen LogP contribution in [-0.2, 0) is 12.8 Å². The minimum Gasteiger partial charge on any atom is -0.281 e. The van der Waals surface area contributed by atoms with Crippen molar-refractivity contribution in [2.24, 2.45) is 5.10 Å². The second-order valence-electron chi connectivity index (χ2n) is 5.11.